The fraction of sp³-hybridized carbons (Fsp3) is 0.818. The van der Waals surface area contributed by atoms with Crippen molar-refractivity contribution < 1.29 is 14.3 Å². The third kappa shape index (κ3) is 3.90. The molecule has 4 nitrogen and oxygen atoms in total. The summed E-state index contributed by atoms with van der Waals surface area (Å²) < 4.78 is 4.44. The Labute approximate surface area is 90.4 Å². The van der Waals surface area contributed by atoms with E-state index in [9.17, 15) is 9.59 Å². The molecule has 0 aromatic carbocycles. The van der Waals surface area contributed by atoms with Crippen LogP contribution in [0.1, 0.15) is 39.0 Å². The van der Waals surface area contributed by atoms with Crippen LogP contribution in [0, 0.1) is 5.92 Å². The first kappa shape index (κ1) is 12.0. The minimum atomic E-state index is -0.476. The molecule has 0 radical (unpaired) electrons. The van der Waals surface area contributed by atoms with Crippen LogP contribution in [0.5, 0.6) is 0 Å². The minimum absolute atomic E-state index is 0.167. The highest BCUT2D eigenvalue weighted by atomic mass is 16.5. The number of rotatable bonds is 3. The molecule has 1 saturated carbocycles. The predicted molar refractivity (Wildman–Crippen MR) is 56.2 cm³/mol. The van der Waals surface area contributed by atoms with Crippen molar-refractivity contribution in [1.82, 2.24) is 5.32 Å². The van der Waals surface area contributed by atoms with Gasteiger partial charge >= 0.3 is 5.97 Å². The molecule has 0 spiro atoms. The third-order valence-corrected chi connectivity index (χ3v) is 2.99. The van der Waals surface area contributed by atoms with Gasteiger partial charge in [0.15, 0.2) is 0 Å². The fourth-order valence-corrected chi connectivity index (χ4v) is 1.99. The Morgan fingerprint density at radius 2 is 2.00 bits per heavy atom. The molecule has 1 amide bonds. The number of hydrogen-bond donors (Lipinski definition) is 1. The summed E-state index contributed by atoms with van der Waals surface area (Å²) in [5.74, 6) is -0.183. The molecule has 0 aromatic heterocycles. The van der Waals surface area contributed by atoms with Crippen molar-refractivity contribution in [2.75, 3.05) is 7.11 Å². The Morgan fingerprint density at radius 3 is 2.60 bits per heavy atom. The van der Waals surface area contributed by atoms with E-state index >= 15 is 0 Å². The lowest BCUT2D eigenvalue weighted by atomic mass is 9.86. The predicted octanol–water partition coefficient (Wildman–Crippen LogP) is 1.24. The van der Waals surface area contributed by atoms with Crippen LogP contribution in [0.25, 0.3) is 0 Å². The van der Waals surface area contributed by atoms with Gasteiger partial charge in [-0.2, -0.15) is 0 Å². The summed E-state index contributed by atoms with van der Waals surface area (Å²) in [6.45, 7) is 2.14. The summed E-state index contributed by atoms with van der Waals surface area (Å²) >= 11 is 0. The second-order valence-electron chi connectivity index (χ2n) is 4.19. The maximum absolute atomic E-state index is 11.4. The third-order valence-electron chi connectivity index (χ3n) is 2.99. The van der Waals surface area contributed by atoms with Crippen LogP contribution in [0.4, 0.5) is 0 Å². The number of ether oxygens (including phenoxy) is 1. The van der Waals surface area contributed by atoms with Crippen LogP contribution in [0.2, 0.25) is 0 Å². The zero-order chi connectivity index (χ0) is 11.3. The number of carbonyl (C=O) groups excluding carboxylic acids is 2. The van der Waals surface area contributed by atoms with Gasteiger partial charge in [0.05, 0.1) is 7.11 Å². The average Bonchev–Trinajstić information content (AvgIpc) is 2.21. The highest BCUT2D eigenvalue weighted by molar-refractivity contribution is 5.94. The highest BCUT2D eigenvalue weighted by Gasteiger charge is 2.23. The van der Waals surface area contributed by atoms with Crippen LogP contribution < -0.4 is 5.32 Å². The maximum atomic E-state index is 11.4. The number of nitrogens with one attached hydrogen (secondary N) is 1. The second kappa shape index (κ2) is 5.73. The van der Waals surface area contributed by atoms with Gasteiger partial charge in [0.25, 0.3) is 0 Å². The van der Waals surface area contributed by atoms with E-state index in [1.807, 2.05) is 0 Å². The first-order chi connectivity index (χ1) is 7.13. The maximum Gasteiger partial charge on any atom is 0.315 e. The second-order valence-corrected chi connectivity index (χ2v) is 4.19. The summed E-state index contributed by atoms with van der Waals surface area (Å²) in [7, 11) is 1.29. The average molecular weight is 213 g/mol. The van der Waals surface area contributed by atoms with E-state index in [0.29, 0.717) is 5.92 Å². The lowest BCUT2D eigenvalue weighted by Gasteiger charge is -2.29. The summed E-state index contributed by atoms with van der Waals surface area (Å²) in [4.78, 5) is 22.3. The lowest BCUT2D eigenvalue weighted by molar-refractivity contribution is -0.144. The van der Waals surface area contributed by atoms with Gasteiger partial charge in [-0.1, -0.05) is 19.8 Å². The zero-order valence-electron chi connectivity index (χ0n) is 9.41. The van der Waals surface area contributed by atoms with Crippen molar-refractivity contribution >= 4 is 11.9 Å². The van der Waals surface area contributed by atoms with Crippen molar-refractivity contribution in [3.8, 4) is 0 Å². The number of methoxy groups -OCH3 is 1. The van der Waals surface area contributed by atoms with E-state index in [-0.39, 0.29) is 18.4 Å². The molecule has 0 bridgehead atoms. The van der Waals surface area contributed by atoms with Crippen LogP contribution in [0.3, 0.4) is 0 Å². The summed E-state index contributed by atoms with van der Waals surface area (Å²) in [5, 5.41) is 2.89. The van der Waals surface area contributed by atoms with Crippen LogP contribution in [0.15, 0.2) is 0 Å². The first-order valence-corrected chi connectivity index (χ1v) is 5.49. The van der Waals surface area contributed by atoms with E-state index in [1.165, 1.54) is 13.5 Å². The number of esters is 1. The van der Waals surface area contributed by atoms with Crippen molar-refractivity contribution in [1.29, 1.82) is 0 Å². The van der Waals surface area contributed by atoms with Crippen molar-refractivity contribution in [2.45, 2.75) is 45.1 Å². The smallest absolute Gasteiger partial charge is 0.315 e. The molecule has 0 aliphatic heterocycles. The van der Waals surface area contributed by atoms with Crippen LogP contribution in [-0.4, -0.2) is 25.0 Å². The molecule has 1 aliphatic carbocycles. The number of hydrogen-bond acceptors (Lipinski definition) is 3. The Hall–Kier alpha value is -1.06. The molecule has 0 saturated heterocycles. The van der Waals surface area contributed by atoms with Gasteiger partial charge in [0.2, 0.25) is 5.91 Å². The number of carbonyl (C=O) groups is 2. The van der Waals surface area contributed by atoms with E-state index in [4.69, 9.17) is 0 Å². The molecule has 4 heteroatoms. The standard InChI is InChI=1S/C11H19NO3/c1-8-5-3-4-6-9(8)12-10(13)7-11(14)15-2/h8-9H,3-7H2,1-2H3,(H,12,13). The van der Waals surface area contributed by atoms with Crippen molar-refractivity contribution in [3.63, 3.8) is 0 Å². The SMILES string of the molecule is COC(=O)CC(=O)NC1CCCCC1C. The summed E-state index contributed by atoms with van der Waals surface area (Å²) in [6.07, 6.45) is 4.41. The molecule has 0 aromatic rings. The molecule has 1 aliphatic rings. The van der Waals surface area contributed by atoms with Gasteiger partial charge in [-0.15, -0.1) is 0 Å². The monoisotopic (exact) mass is 213 g/mol. The summed E-state index contributed by atoms with van der Waals surface area (Å²) in [6, 6.07) is 0.232. The molecular formula is C11H19NO3. The van der Waals surface area contributed by atoms with Gasteiger partial charge in [-0.3, -0.25) is 9.59 Å². The van der Waals surface area contributed by atoms with Gasteiger partial charge in [0, 0.05) is 6.04 Å². The zero-order valence-corrected chi connectivity index (χ0v) is 9.41. The number of amides is 1. The molecule has 1 N–H and O–H groups in total. The molecule has 15 heavy (non-hydrogen) atoms. The normalized spacial score (nSPS) is 25.7. The molecule has 1 rings (SSSR count). The van der Waals surface area contributed by atoms with E-state index in [2.05, 4.69) is 17.0 Å². The van der Waals surface area contributed by atoms with Gasteiger partial charge in [0.1, 0.15) is 6.42 Å². The quantitative estimate of drug-likeness (QED) is 0.567. The Bertz CT molecular complexity index is 240. The molecule has 2 unspecified atom stereocenters. The van der Waals surface area contributed by atoms with E-state index < -0.39 is 5.97 Å². The van der Waals surface area contributed by atoms with Crippen molar-refractivity contribution in [2.24, 2.45) is 5.92 Å². The van der Waals surface area contributed by atoms with E-state index in [1.54, 1.807) is 0 Å². The van der Waals surface area contributed by atoms with Crippen LogP contribution >= 0.6 is 0 Å². The Balaban J connectivity index is 2.33. The molecular weight excluding hydrogens is 194 g/mol. The molecule has 2 atom stereocenters. The van der Waals surface area contributed by atoms with Gasteiger partial charge in [-0.05, 0) is 18.8 Å². The van der Waals surface area contributed by atoms with E-state index in [0.717, 1.165) is 19.3 Å². The Kier molecular flexibility index (Phi) is 4.59. The fourth-order valence-electron chi connectivity index (χ4n) is 1.99. The van der Waals surface area contributed by atoms with Gasteiger partial charge < -0.3 is 10.1 Å². The van der Waals surface area contributed by atoms with Crippen LogP contribution in [-0.2, 0) is 14.3 Å². The molecule has 0 heterocycles. The minimum Gasteiger partial charge on any atom is -0.469 e. The van der Waals surface area contributed by atoms with Gasteiger partial charge in [-0.25, -0.2) is 0 Å². The van der Waals surface area contributed by atoms with Crippen molar-refractivity contribution in [3.05, 3.63) is 0 Å². The highest BCUT2D eigenvalue weighted by Crippen LogP contribution is 2.23. The largest absolute Gasteiger partial charge is 0.469 e. The molecule has 86 valence electrons. The lowest BCUT2D eigenvalue weighted by Crippen LogP contribution is -2.41. The Morgan fingerprint density at radius 1 is 1.33 bits per heavy atom. The first-order valence-electron chi connectivity index (χ1n) is 5.49. The molecule has 1 fully saturated rings. The summed E-state index contributed by atoms with van der Waals surface area (Å²) in [5.41, 5.74) is 0. The topological polar surface area (TPSA) is 55.4 Å².